The molecule has 0 saturated heterocycles. The van der Waals surface area contributed by atoms with Gasteiger partial charge in [0.2, 0.25) is 6.79 Å². The molecule has 0 fully saturated rings. The van der Waals surface area contributed by atoms with E-state index in [1.807, 2.05) is 0 Å². The van der Waals surface area contributed by atoms with Crippen molar-refractivity contribution in [2.45, 2.75) is 6.18 Å². The summed E-state index contributed by atoms with van der Waals surface area (Å²) < 4.78 is 48.9. The number of alkyl halides is 3. The van der Waals surface area contributed by atoms with Crippen molar-refractivity contribution >= 4 is 11.6 Å². The third kappa shape index (κ3) is 3.15. The molecule has 0 aromatic heterocycles. The van der Waals surface area contributed by atoms with Gasteiger partial charge >= 0.3 is 6.18 Å². The molecule has 0 saturated carbocycles. The Bertz CT molecular complexity index is 747. The quantitative estimate of drug-likeness (QED) is 0.851. The van der Waals surface area contributed by atoms with E-state index in [1.165, 1.54) is 30.3 Å². The zero-order chi connectivity index (χ0) is 16.4. The van der Waals surface area contributed by atoms with Crippen LogP contribution in [0.1, 0.15) is 15.9 Å². The van der Waals surface area contributed by atoms with Gasteiger partial charge in [0.1, 0.15) is 0 Å². The lowest BCUT2D eigenvalue weighted by molar-refractivity contribution is -0.137. The molecule has 120 valence electrons. The van der Waals surface area contributed by atoms with Gasteiger partial charge in [0.05, 0.1) is 11.3 Å². The maximum absolute atomic E-state index is 12.9. The number of hydrogen-bond acceptors (Lipinski definition) is 4. The molecule has 2 N–H and O–H groups in total. The monoisotopic (exact) mass is 324 g/mol. The molecule has 3 rings (SSSR count). The smallest absolute Gasteiger partial charge is 0.418 e. The van der Waals surface area contributed by atoms with Gasteiger partial charge in [-0.25, -0.2) is 0 Å². The summed E-state index contributed by atoms with van der Waals surface area (Å²) in [6.45, 7) is 0.0671. The van der Waals surface area contributed by atoms with Crippen molar-refractivity contribution < 1.29 is 27.4 Å². The molecule has 1 heterocycles. The number of fused-ring (bicyclic) bond motifs is 1. The van der Waals surface area contributed by atoms with Gasteiger partial charge in [-0.15, -0.1) is 0 Å². The lowest BCUT2D eigenvalue weighted by Crippen LogP contribution is -2.30. The molecule has 0 radical (unpaired) electrons. The van der Waals surface area contributed by atoms with Crippen LogP contribution in [0.25, 0.3) is 0 Å². The lowest BCUT2D eigenvalue weighted by atomic mass is 10.1. The molecule has 0 atom stereocenters. The molecule has 0 unspecified atom stereocenters. The average molecular weight is 324 g/mol. The minimum absolute atomic E-state index is 0.0671. The zero-order valence-electron chi connectivity index (χ0n) is 11.6. The van der Waals surface area contributed by atoms with E-state index in [-0.39, 0.29) is 18.0 Å². The summed E-state index contributed by atoms with van der Waals surface area (Å²) in [5, 5.41) is 0. The molecule has 0 spiro atoms. The Hall–Kier alpha value is -2.90. The number of amides is 1. The van der Waals surface area contributed by atoms with Crippen molar-refractivity contribution in [1.82, 2.24) is 5.43 Å². The first-order valence-corrected chi connectivity index (χ1v) is 6.57. The number of halogens is 3. The molecule has 23 heavy (non-hydrogen) atoms. The topological polar surface area (TPSA) is 59.6 Å². The number of hydrogen-bond donors (Lipinski definition) is 2. The molecule has 2 aromatic carbocycles. The molecule has 5 nitrogen and oxygen atoms in total. The Labute approximate surface area is 129 Å². The SMILES string of the molecule is O=C(NNc1ccccc1C(F)(F)F)c1ccc2c(c1)OCO2. The summed E-state index contributed by atoms with van der Waals surface area (Å²) in [6.07, 6.45) is -4.52. The first-order valence-electron chi connectivity index (χ1n) is 6.57. The summed E-state index contributed by atoms with van der Waals surface area (Å²) in [5.41, 5.74) is 3.64. The number of benzene rings is 2. The van der Waals surface area contributed by atoms with Crippen molar-refractivity contribution in [3.63, 3.8) is 0 Å². The molecule has 1 aliphatic heterocycles. The summed E-state index contributed by atoms with van der Waals surface area (Å²) in [7, 11) is 0. The van der Waals surface area contributed by atoms with Crippen LogP contribution < -0.4 is 20.3 Å². The van der Waals surface area contributed by atoms with Crippen LogP contribution in [-0.2, 0) is 6.18 Å². The minimum atomic E-state index is -4.52. The highest BCUT2D eigenvalue weighted by atomic mass is 19.4. The van der Waals surface area contributed by atoms with Gasteiger partial charge in [-0.1, -0.05) is 12.1 Å². The molecule has 8 heteroatoms. The number of nitrogens with one attached hydrogen (secondary N) is 2. The second-order valence-corrected chi connectivity index (χ2v) is 4.69. The van der Waals surface area contributed by atoms with E-state index >= 15 is 0 Å². The normalized spacial score (nSPS) is 12.8. The van der Waals surface area contributed by atoms with Crippen LogP contribution in [0.15, 0.2) is 42.5 Å². The highest BCUT2D eigenvalue weighted by molar-refractivity contribution is 5.95. The standard InChI is InChI=1S/C15H11F3N2O3/c16-15(17,18)10-3-1-2-4-11(10)19-20-14(21)9-5-6-12-13(7-9)23-8-22-12/h1-7,19H,8H2,(H,20,21). The summed E-state index contributed by atoms with van der Waals surface area (Å²) >= 11 is 0. The summed E-state index contributed by atoms with van der Waals surface area (Å²) in [6, 6.07) is 9.35. The van der Waals surface area contributed by atoms with Gasteiger partial charge in [-0.05, 0) is 30.3 Å². The van der Waals surface area contributed by atoms with Crippen molar-refractivity contribution in [2.24, 2.45) is 0 Å². The number of para-hydroxylation sites is 1. The van der Waals surface area contributed by atoms with Crippen LogP contribution in [0.4, 0.5) is 18.9 Å². The number of anilines is 1. The van der Waals surface area contributed by atoms with Crippen molar-refractivity contribution in [3.05, 3.63) is 53.6 Å². The fourth-order valence-electron chi connectivity index (χ4n) is 2.07. The van der Waals surface area contributed by atoms with E-state index < -0.39 is 17.6 Å². The van der Waals surface area contributed by atoms with Gasteiger partial charge in [0.25, 0.3) is 5.91 Å². The number of carbonyl (C=O) groups excluding carboxylic acids is 1. The van der Waals surface area contributed by atoms with E-state index in [2.05, 4.69) is 10.9 Å². The Morgan fingerprint density at radius 2 is 1.78 bits per heavy atom. The first-order chi connectivity index (χ1) is 10.9. The Kier molecular flexibility index (Phi) is 3.73. The molecule has 2 aromatic rings. The molecule has 0 aliphatic carbocycles. The van der Waals surface area contributed by atoms with Crippen LogP contribution in [0.5, 0.6) is 11.5 Å². The Balaban J connectivity index is 1.73. The van der Waals surface area contributed by atoms with E-state index in [0.717, 1.165) is 6.07 Å². The molecular formula is C15H11F3N2O3. The fourth-order valence-corrected chi connectivity index (χ4v) is 2.07. The largest absolute Gasteiger partial charge is 0.454 e. The second kappa shape index (κ2) is 5.71. The van der Waals surface area contributed by atoms with Crippen LogP contribution in [-0.4, -0.2) is 12.7 Å². The van der Waals surface area contributed by atoms with Gasteiger partial charge < -0.3 is 9.47 Å². The maximum atomic E-state index is 12.9. The van der Waals surface area contributed by atoms with Gasteiger partial charge in [0.15, 0.2) is 11.5 Å². The summed E-state index contributed by atoms with van der Waals surface area (Å²) in [4.78, 5) is 12.0. The molecule has 1 amide bonds. The highest BCUT2D eigenvalue weighted by Crippen LogP contribution is 2.34. The van der Waals surface area contributed by atoms with E-state index in [0.29, 0.717) is 11.5 Å². The van der Waals surface area contributed by atoms with Crippen molar-refractivity contribution in [1.29, 1.82) is 0 Å². The fraction of sp³-hybridized carbons (Fsp3) is 0.133. The Morgan fingerprint density at radius 3 is 2.57 bits per heavy atom. The van der Waals surface area contributed by atoms with Gasteiger partial charge in [-0.3, -0.25) is 15.6 Å². The Morgan fingerprint density at radius 1 is 1.04 bits per heavy atom. The van der Waals surface area contributed by atoms with E-state index in [9.17, 15) is 18.0 Å². The molecule has 1 aliphatic rings. The van der Waals surface area contributed by atoms with E-state index in [4.69, 9.17) is 9.47 Å². The molecule has 0 bridgehead atoms. The van der Waals surface area contributed by atoms with Crippen LogP contribution in [0, 0.1) is 0 Å². The van der Waals surface area contributed by atoms with Crippen molar-refractivity contribution in [3.8, 4) is 11.5 Å². The van der Waals surface area contributed by atoms with Crippen molar-refractivity contribution in [2.75, 3.05) is 12.2 Å². The van der Waals surface area contributed by atoms with Crippen LogP contribution >= 0.6 is 0 Å². The van der Waals surface area contributed by atoms with Crippen LogP contribution in [0.3, 0.4) is 0 Å². The van der Waals surface area contributed by atoms with Crippen LogP contribution in [0.2, 0.25) is 0 Å². The third-order valence-corrected chi connectivity index (χ3v) is 3.18. The first kappa shape index (κ1) is 15.0. The zero-order valence-corrected chi connectivity index (χ0v) is 11.6. The average Bonchev–Trinajstić information content (AvgIpc) is 2.99. The number of ether oxygens (including phenoxy) is 2. The minimum Gasteiger partial charge on any atom is -0.454 e. The number of hydrazine groups is 1. The highest BCUT2D eigenvalue weighted by Gasteiger charge is 2.33. The summed E-state index contributed by atoms with van der Waals surface area (Å²) in [5.74, 6) is 0.325. The van der Waals surface area contributed by atoms with Gasteiger partial charge in [0, 0.05) is 5.56 Å². The number of carbonyl (C=O) groups is 1. The number of rotatable bonds is 3. The molecular weight excluding hydrogens is 313 g/mol. The maximum Gasteiger partial charge on any atom is 0.418 e. The lowest BCUT2D eigenvalue weighted by Gasteiger charge is -2.15. The predicted molar refractivity (Wildman–Crippen MR) is 75.1 cm³/mol. The second-order valence-electron chi connectivity index (χ2n) is 4.69. The van der Waals surface area contributed by atoms with E-state index in [1.54, 1.807) is 6.07 Å². The van der Waals surface area contributed by atoms with Gasteiger partial charge in [-0.2, -0.15) is 13.2 Å². The third-order valence-electron chi connectivity index (χ3n) is 3.18. The predicted octanol–water partition coefficient (Wildman–Crippen LogP) is 3.19.